The zero-order valence-electron chi connectivity index (χ0n) is 14.1. The molecule has 0 spiro atoms. The summed E-state index contributed by atoms with van der Waals surface area (Å²) in [5.41, 5.74) is 0.936. The van der Waals surface area contributed by atoms with E-state index in [9.17, 15) is 9.59 Å². The Hall–Kier alpha value is -2.84. The third-order valence-electron chi connectivity index (χ3n) is 3.87. The molecule has 1 atom stereocenters. The summed E-state index contributed by atoms with van der Waals surface area (Å²) in [6.45, 7) is 1.81. The van der Waals surface area contributed by atoms with Gasteiger partial charge in [-0.15, -0.1) is 0 Å². The Kier molecular flexibility index (Phi) is 5.48. The highest BCUT2D eigenvalue weighted by molar-refractivity contribution is 6.33. The Morgan fingerprint density at radius 1 is 1.22 bits per heavy atom. The van der Waals surface area contributed by atoms with Crippen LogP contribution in [0.2, 0.25) is 10.0 Å². The number of benzene rings is 1. The highest BCUT2D eigenvalue weighted by atomic mass is 35.5. The topological polar surface area (TPSA) is 102 Å². The first-order chi connectivity index (χ1) is 12.9. The van der Waals surface area contributed by atoms with Gasteiger partial charge in [-0.1, -0.05) is 41.4 Å². The second-order valence-corrected chi connectivity index (χ2v) is 6.56. The van der Waals surface area contributed by atoms with Gasteiger partial charge in [0.25, 0.3) is 5.91 Å². The van der Waals surface area contributed by atoms with Crippen molar-refractivity contribution in [2.75, 3.05) is 5.32 Å². The summed E-state index contributed by atoms with van der Waals surface area (Å²) in [5, 5.41) is 20.7. The van der Waals surface area contributed by atoms with Crippen LogP contribution in [-0.2, 0) is 11.3 Å². The van der Waals surface area contributed by atoms with Crippen LogP contribution in [0.3, 0.4) is 0 Å². The van der Waals surface area contributed by atoms with Crippen molar-refractivity contribution in [1.29, 1.82) is 0 Å². The maximum Gasteiger partial charge on any atom is 0.328 e. The molecule has 0 bridgehead atoms. The molecule has 140 valence electrons. The van der Waals surface area contributed by atoms with Crippen molar-refractivity contribution in [2.45, 2.75) is 19.5 Å². The highest BCUT2D eigenvalue weighted by Crippen LogP contribution is 2.23. The van der Waals surface area contributed by atoms with Crippen molar-refractivity contribution in [1.82, 2.24) is 19.6 Å². The molecular weight excluding hydrogens is 393 g/mol. The minimum absolute atomic E-state index is 0.0848. The lowest BCUT2D eigenvalue weighted by atomic mass is 10.2. The summed E-state index contributed by atoms with van der Waals surface area (Å²) in [7, 11) is 0. The van der Waals surface area contributed by atoms with E-state index in [1.165, 1.54) is 19.2 Å². The first-order valence-electron chi connectivity index (χ1n) is 7.91. The van der Waals surface area contributed by atoms with E-state index in [-0.39, 0.29) is 16.5 Å². The molecule has 1 aromatic carbocycles. The molecular formula is C17H15Cl2N5O3. The summed E-state index contributed by atoms with van der Waals surface area (Å²) in [5.74, 6) is -1.51. The number of rotatable bonds is 6. The molecule has 8 nitrogen and oxygen atoms in total. The van der Waals surface area contributed by atoms with E-state index in [0.29, 0.717) is 11.6 Å². The highest BCUT2D eigenvalue weighted by Gasteiger charge is 2.22. The predicted molar refractivity (Wildman–Crippen MR) is 100 cm³/mol. The van der Waals surface area contributed by atoms with Crippen LogP contribution in [-0.4, -0.2) is 36.5 Å². The van der Waals surface area contributed by atoms with E-state index in [4.69, 9.17) is 28.3 Å². The summed E-state index contributed by atoms with van der Waals surface area (Å²) in [6, 6.07) is 7.75. The van der Waals surface area contributed by atoms with Gasteiger partial charge in [-0.3, -0.25) is 9.48 Å². The number of hydrogen-bond acceptors (Lipinski definition) is 4. The number of aromatic nitrogens is 4. The monoisotopic (exact) mass is 407 g/mol. The Morgan fingerprint density at radius 2 is 1.96 bits per heavy atom. The minimum atomic E-state index is -1.10. The lowest BCUT2D eigenvalue weighted by molar-refractivity contribution is -0.140. The number of nitrogens with zero attached hydrogens (tertiary/aromatic N) is 4. The fraction of sp³-hybridized carbons (Fsp3) is 0.176. The molecule has 10 heteroatoms. The standard InChI is InChI=1S/C17H15Cl2N5O3/c1-10(17(26)27)24-14(6-7-20-24)16(25)21-15-13(19)9-23(22-15)8-11-4-2-3-5-12(11)18/h2-7,9-10H,8H2,1H3,(H,26,27)(H,21,22,25). The van der Waals surface area contributed by atoms with Gasteiger partial charge in [0.2, 0.25) is 0 Å². The molecule has 0 radical (unpaired) electrons. The summed E-state index contributed by atoms with van der Waals surface area (Å²) in [4.78, 5) is 23.7. The second-order valence-electron chi connectivity index (χ2n) is 5.74. The average molecular weight is 408 g/mol. The largest absolute Gasteiger partial charge is 0.480 e. The Morgan fingerprint density at radius 3 is 2.67 bits per heavy atom. The van der Waals surface area contributed by atoms with E-state index in [2.05, 4.69) is 15.5 Å². The quantitative estimate of drug-likeness (QED) is 0.652. The van der Waals surface area contributed by atoms with Crippen LogP contribution in [0.4, 0.5) is 5.82 Å². The molecule has 0 fully saturated rings. The van der Waals surface area contributed by atoms with Gasteiger partial charge in [-0.25, -0.2) is 9.48 Å². The predicted octanol–water partition coefficient (Wildman–Crippen LogP) is 3.33. The average Bonchev–Trinajstić information content (AvgIpc) is 3.23. The van der Waals surface area contributed by atoms with Crippen molar-refractivity contribution < 1.29 is 14.7 Å². The fourth-order valence-electron chi connectivity index (χ4n) is 2.44. The molecule has 0 aliphatic heterocycles. The maximum absolute atomic E-state index is 12.5. The van der Waals surface area contributed by atoms with Gasteiger partial charge in [0.1, 0.15) is 16.8 Å². The van der Waals surface area contributed by atoms with Gasteiger partial charge in [0.15, 0.2) is 5.82 Å². The smallest absolute Gasteiger partial charge is 0.328 e. The molecule has 0 saturated carbocycles. The third-order valence-corrected chi connectivity index (χ3v) is 4.51. The zero-order chi connectivity index (χ0) is 19.6. The Balaban J connectivity index is 1.78. The van der Waals surface area contributed by atoms with Crippen LogP contribution in [0.25, 0.3) is 0 Å². The van der Waals surface area contributed by atoms with Crippen molar-refractivity contribution in [3.8, 4) is 0 Å². The number of aliphatic carboxylic acids is 1. The van der Waals surface area contributed by atoms with Crippen LogP contribution >= 0.6 is 23.2 Å². The molecule has 0 aliphatic rings. The normalized spacial score (nSPS) is 12.0. The van der Waals surface area contributed by atoms with Crippen molar-refractivity contribution in [3.63, 3.8) is 0 Å². The number of anilines is 1. The molecule has 1 unspecified atom stereocenters. The van der Waals surface area contributed by atoms with E-state index < -0.39 is 17.9 Å². The van der Waals surface area contributed by atoms with Gasteiger partial charge < -0.3 is 10.4 Å². The molecule has 2 N–H and O–H groups in total. The van der Waals surface area contributed by atoms with Crippen molar-refractivity contribution in [3.05, 3.63) is 64.0 Å². The number of hydrogen-bond donors (Lipinski definition) is 2. The van der Waals surface area contributed by atoms with Gasteiger partial charge in [0, 0.05) is 17.4 Å². The van der Waals surface area contributed by atoms with Gasteiger partial charge in [-0.2, -0.15) is 10.2 Å². The van der Waals surface area contributed by atoms with Gasteiger partial charge in [0.05, 0.1) is 6.54 Å². The van der Waals surface area contributed by atoms with Gasteiger partial charge >= 0.3 is 5.97 Å². The number of halogens is 2. The van der Waals surface area contributed by atoms with Crippen molar-refractivity contribution in [2.24, 2.45) is 0 Å². The number of carboxylic acid groups (broad SMARTS) is 1. The molecule has 1 amide bonds. The first kappa shape index (κ1) is 18.9. The maximum atomic E-state index is 12.5. The minimum Gasteiger partial charge on any atom is -0.480 e. The Labute approximate surface area is 164 Å². The summed E-state index contributed by atoms with van der Waals surface area (Å²) in [6.07, 6.45) is 2.92. The fourth-order valence-corrected chi connectivity index (χ4v) is 2.84. The van der Waals surface area contributed by atoms with Crippen LogP contribution in [0.15, 0.2) is 42.7 Å². The van der Waals surface area contributed by atoms with E-state index in [0.717, 1.165) is 10.2 Å². The third kappa shape index (κ3) is 4.12. The second kappa shape index (κ2) is 7.81. The van der Waals surface area contributed by atoms with E-state index in [1.807, 2.05) is 18.2 Å². The van der Waals surface area contributed by atoms with E-state index >= 15 is 0 Å². The molecule has 0 saturated heterocycles. The number of nitrogens with one attached hydrogen (secondary N) is 1. The van der Waals surface area contributed by atoms with Crippen LogP contribution in [0.1, 0.15) is 29.0 Å². The number of carboxylic acids is 1. The molecule has 3 aromatic rings. The lowest BCUT2D eigenvalue weighted by Crippen LogP contribution is -2.24. The van der Waals surface area contributed by atoms with E-state index in [1.54, 1.807) is 16.9 Å². The molecule has 2 heterocycles. The first-order valence-corrected chi connectivity index (χ1v) is 8.66. The zero-order valence-corrected chi connectivity index (χ0v) is 15.6. The van der Waals surface area contributed by atoms with Crippen molar-refractivity contribution >= 4 is 40.9 Å². The number of carbonyl (C=O) groups is 2. The lowest BCUT2D eigenvalue weighted by Gasteiger charge is -2.11. The molecule has 3 rings (SSSR count). The molecule has 0 aliphatic carbocycles. The molecule has 27 heavy (non-hydrogen) atoms. The number of carbonyl (C=O) groups excluding carboxylic acids is 1. The summed E-state index contributed by atoms with van der Waals surface area (Å²) < 4.78 is 2.67. The van der Waals surface area contributed by atoms with Crippen LogP contribution in [0, 0.1) is 0 Å². The SMILES string of the molecule is CC(C(=O)O)n1nccc1C(=O)Nc1nn(Cc2ccccc2Cl)cc1Cl. The van der Waals surface area contributed by atoms with Gasteiger partial charge in [-0.05, 0) is 24.6 Å². The molecule has 2 aromatic heterocycles. The van der Waals surface area contributed by atoms with Crippen LogP contribution < -0.4 is 5.32 Å². The number of amides is 1. The Bertz CT molecular complexity index is 998. The van der Waals surface area contributed by atoms with Crippen LogP contribution in [0.5, 0.6) is 0 Å². The summed E-state index contributed by atoms with van der Waals surface area (Å²) >= 11 is 12.3.